The molecule has 0 aliphatic rings. The maximum Gasteiger partial charge on any atom is 0.276 e. The zero-order chi connectivity index (χ0) is 19.6. The Bertz CT molecular complexity index is 987. The predicted molar refractivity (Wildman–Crippen MR) is 103 cm³/mol. The van der Waals surface area contributed by atoms with Gasteiger partial charge in [-0.15, -0.1) is 0 Å². The molecule has 140 valence electrons. The van der Waals surface area contributed by atoms with Crippen molar-refractivity contribution in [2.45, 2.75) is 20.3 Å². The zero-order valence-corrected chi connectivity index (χ0v) is 15.8. The Hall–Kier alpha value is -3.42. The number of carbonyl (C=O) groups excluding carboxylic acids is 2. The molecular weight excluding hydrogens is 344 g/mol. The second-order valence-electron chi connectivity index (χ2n) is 6.37. The number of hydrogen-bond acceptors (Lipinski definition) is 4. The number of aryl methyl sites for hydroxylation is 3. The first-order chi connectivity index (χ1) is 12.8. The molecule has 27 heavy (non-hydrogen) atoms. The van der Waals surface area contributed by atoms with Crippen molar-refractivity contribution in [1.29, 1.82) is 0 Å². The fraction of sp³-hybridized carbons (Fsp3) is 0.263. The van der Waals surface area contributed by atoms with Gasteiger partial charge in [0.25, 0.3) is 5.91 Å². The van der Waals surface area contributed by atoms with Crippen molar-refractivity contribution in [2.75, 3.05) is 10.6 Å². The maximum atomic E-state index is 12.5. The molecule has 2 aromatic heterocycles. The van der Waals surface area contributed by atoms with Crippen LogP contribution in [0.25, 0.3) is 0 Å². The number of carbonyl (C=O) groups is 2. The van der Waals surface area contributed by atoms with E-state index in [2.05, 4.69) is 20.8 Å². The van der Waals surface area contributed by atoms with Crippen LogP contribution >= 0.6 is 0 Å². The standard InChI is InChI=1S/C19H22N6O2/c1-12-18(13(2)24(3)22-12)21-19(27)15-11-16(25(4)23-15)20-17(26)10-14-8-6-5-7-9-14/h5-9,11H,10H2,1-4H3,(H,20,26)(H,21,27). The highest BCUT2D eigenvalue weighted by atomic mass is 16.2. The Kier molecular flexibility index (Phi) is 5.07. The molecule has 8 nitrogen and oxygen atoms in total. The number of benzene rings is 1. The number of nitrogens with one attached hydrogen (secondary N) is 2. The largest absolute Gasteiger partial charge is 0.317 e. The molecule has 0 bridgehead atoms. The molecule has 2 amide bonds. The van der Waals surface area contributed by atoms with Gasteiger partial charge in [-0.2, -0.15) is 10.2 Å². The summed E-state index contributed by atoms with van der Waals surface area (Å²) < 4.78 is 3.18. The summed E-state index contributed by atoms with van der Waals surface area (Å²) in [5, 5.41) is 14.1. The smallest absolute Gasteiger partial charge is 0.276 e. The summed E-state index contributed by atoms with van der Waals surface area (Å²) in [6.07, 6.45) is 0.252. The topological polar surface area (TPSA) is 93.8 Å². The van der Waals surface area contributed by atoms with Gasteiger partial charge in [0.1, 0.15) is 5.82 Å². The van der Waals surface area contributed by atoms with E-state index in [-0.39, 0.29) is 23.9 Å². The van der Waals surface area contributed by atoms with Crippen LogP contribution in [0.3, 0.4) is 0 Å². The molecule has 2 heterocycles. The van der Waals surface area contributed by atoms with Gasteiger partial charge < -0.3 is 10.6 Å². The summed E-state index contributed by atoms with van der Waals surface area (Å²) in [5.74, 6) is -0.0656. The Balaban J connectivity index is 1.70. The molecule has 3 aromatic rings. The lowest BCUT2D eigenvalue weighted by molar-refractivity contribution is -0.115. The van der Waals surface area contributed by atoms with Crippen molar-refractivity contribution >= 4 is 23.3 Å². The molecule has 0 aliphatic heterocycles. The number of anilines is 2. The van der Waals surface area contributed by atoms with Crippen molar-refractivity contribution in [3.8, 4) is 0 Å². The molecule has 0 spiro atoms. The van der Waals surface area contributed by atoms with E-state index in [0.29, 0.717) is 11.5 Å². The van der Waals surface area contributed by atoms with Gasteiger partial charge >= 0.3 is 0 Å². The average Bonchev–Trinajstić information content (AvgIpc) is 3.10. The maximum absolute atomic E-state index is 12.5. The third-order valence-electron chi connectivity index (χ3n) is 4.33. The van der Waals surface area contributed by atoms with E-state index in [1.807, 2.05) is 51.2 Å². The fourth-order valence-corrected chi connectivity index (χ4v) is 2.80. The van der Waals surface area contributed by atoms with E-state index in [9.17, 15) is 9.59 Å². The van der Waals surface area contributed by atoms with Crippen LogP contribution in [0.2, 0.25) is 0 Å². The lowest BCUT2D eigenvalue weighted by atomic mass is 10.1. The molecule has 0 unspecified atom stereocenters. The molecule has 0 saturated heterocycles. The summed E-state index contributed by atoms with van der Waals surface area (Å²) in [7, 11) is 3.49. The normalized spacial score (nSPS) is 10.7. The Morgan fingerprint density at radius 1 is 1.00 bits per heavy atom. The lowest BCUT2D eigenvalue weighted by Gasteiger charge is -2.04. The first kappa shape index (κ1) is 18.4. The SMILES string of the molecule is Cc1nn(C)c(C)c1NC(=O)c1cc(NC(=O)Cc2ccccc2)n(C)n1. The minimum Gasteiger partial charge on any atom is -0.317 e. The number of amides is 2. The Morgan fingerprint density at radius 2 is 1.70 bits per heavy atom. The zero-order valence-electron chi connectivity index (χ0n) is 15.8. The summed E-state index contributed by atoms with van der Waals surface area (Å²) in [6.45, 7) is 3.71. The van der Waals surface area contributed by atoms with Gasteiger partial charge in [-0.25, -0.2) is 0 Å². The molecule has 0 aliphatic carbocycles. The van der Waals surface area contributed by atoms with Crippen molar-refractivity contribution in [3.05, 3.63) is 59.0 Å². The van der Waals surface area contributed by atoms with Crippen LogP contribution in [-0.2, 0) is 25.3 Å². The second-order valence-corrected chi connectivity index (χ2v) is 6.37. The number of rotatable bonds is 5. The molecule has 0 fully saturated rings. The molecule has 0 saturated carbocycles. The van der Waals surface area contributed by atoms with Gasteiger partial charge in [-0.1, -0.05) is 30.3 Å². The van der Waals surface area contributed by atoms with Crippen molar-refractivity contribution in [1.82, 2.24) is 19.6 Å². The van der Waals surface area contributed by atoms with Crippen LogP contribution in [0.5, 0.6) is 0 Å². The van der Waals surface area contributed by atoms with E-state index >= 15 is 0 Å². The summed E-state index contributed by atoms with van der Waals surface area (Å²) in [4.78, 5) is 24.8. The van der Waals surface area contributed by atoms with Crippen LogP contribution in [0.4, 0.5) is 11.5 Å². The molecule has 2 N–H and O–H groups in total. The van der Waals surface area contributed by atoms with Crippen molar-refractivity contribution in [2.24, 2.45) is 14.1 Å². The third-order valence-corrected chi connectivity index (χ3v) is 4.33. The lowest BCUT2D eigenvalue weighted by Crippen LogP contribution is -2.16. The van der Waals surface area contributed by atoms with Gasteiger partial charge in [0.2, 0.25) is 5.91 Å². The highest BCUT2D eigenvalue weighted by Crippen LogP contribution is 2.20. The summed E-state index contributed by atoms with van der Waals surface area (Å²) in [5.41, 5.74) is 3.39. The van der Waals surface area contributed by atoms with Crippen LogP contribution in [-0.4, -0.2) is 31.4 Å². The third kappa shape index (κ3) is 4.05. The molecule has 0 radical (unpaired) electrons. The van der Waals surface area contributed by atoms with Gasteiger partial charge in [0, 0.05) is 20.2 Å². The molecule has 8 heteroatoms. The van der Waals surface area contributed by atoms with Crippen LogP contribution in [0.15, 0.2) is 36.4 Å². The molecule has 3 rings (SSSR count). The first-order valence-electron chi connectivity index (χ1n) is 8.54. The second kappa shape index (κ2) is 7.45. The Morgan fingerprint density at radius 3 is 2.33 bits per heavy atom. The number of hydrogen-bond donors (Lipinski definition) is 2. The highest BCUT2D eigenvalue weighted by molar-refractivity contribution is 6.04. The minimum absolute atomic E-state index is 0.171. The van der Waals surface area contributed by atoms with Gasteiger partial charge in [0.05, 0.1) is 23.5 Å². The summed E-state index contributed by atoms with van der Waals surface area (Å²) >= 11 is 0. The predicted octanol–water partition coefficient (Wildman–Crippen LogP) is 2.20. The average molecular weight is 366 g/mol. The molecule has 1 aromatic carbocycles. The summed E-state index contributed by atoms with van der Waals surface area (Å²) in [6, 6.07) is 11.0. The van der Waals surface area contributed by atoms with E-state index in [1.165, 1.54) is 4.68 Å². The van der Waals surface area contributed by atoms with Crippen molar-refractivity contribution in [3.63, 3.8) is 0 Å². The van der Waals surface area contributed by atoms with Crippen LogP contribution < -0.4 is 10.6 Å². The highest BCUT2D eigenvalue weighted by Gasteiger charge is 2.18. The molecular formula is C19H22N6O2. The Labute approximate surface area is 157 Å². The van der Waals surface area contributed by atoms with Gasteiger partial charge in [-0.05, 0) is 19.4 Å². The van der Waals surface area contributed by atoms with E-state index in [0.717, 1.165) is 17.0 Å². The number of nitrogens with zero attached hydrogens (tertiary/aromatic N) is 4. The van der Waals surface area contributed by atoms with E-state index < -0.39 is 0 Å². The van der Waals surface area contributed by atoms with Crippen LogP contribution in [0, 0.1) is 13.8 Å². The van der Waals surface area contributed by atoms with Crippen LogP contribution in [0.1, 0.15) is 27.4 Å². The van der Waals surface area contributed by atoms with E-state index in [1.54, 1.807) is 17.8 Å². The number of aromatic nitrogens is 4. The van der Waals surface area contributed by atoms with Gasteiger partial charge in [0.15, 0.2) is 5.69 Å². The molecule has 0 atom stereocenters. The van der Waals surface area contributed by atoms with Gasteiger partial charge in [-0.3, -0.25) is 19.0 Å². The minimum atomic E-state index is -0.353. The first-order valence-corrected chi connectivity index (χ1v) is 8.54. The quantitative estimate of drug-likeness (QED) is 0.724. The monoisotopic (exact) mass is 366 g/mol. The van der Waals surface area contributed by atoms with E-state index in [4.69, 9.17) is 0 Å². The fourth-order valence-electron chi connectivity index (χ4n) is 2.80. The van der Waals surface area contributed by atoms with Crippen molar-refractivity contribution < 1.29 is 9.59 Å².